The summed E-state index contributed by atoms with van der Waals surface area (Å²) in [6, 6.07) is 36.2. The van der Waals surface area contributed by atoms with Gasteiger partial charge in [-0.3, -0.25) is 0 Å². The zero-order chi connectivity index (χ0) is 25.5. The molecule has 0 atom stereocenters. The van der Waals surface area contributed by atoms with E-state index < -0.39 is 0 Å². The number of fused-ring (bicyclic) bond motifs is 4. The summed E-state index contributed by atoms with van der Waals surface area (Å²) in [5.74, 6) is 0.703. The summed E-state index contributed by atoms with van der Waals surface area (Å²) in [4.78, 5) is 10.3. The smallest absolute Gasteiger partial charge is 0.164 e. The van der Waals surface area contributed by atoms with Crippen molar-refractivity contribution in [1.29, 1.82) is 0 Å². The highest BCUT2D eigenvalue weighted by Crippen LogP contribution is 2.51. The van der Waals surface area contributed by atoms with E-state index in [4.69, 9.17) is 14.4 Å². The monoisotopic (exact) mass is 498 g/mol. The van der Waals surface area contributed by atoms with Crippen molar-refractivity contribution in [3.05, 3.63) is 126 Å². The molecule has 0 aliphatic heterocycles. The van der Waals surface area contributed by atoms with Crippen molar-refractivity contribution in [1.82, 2.24) is 9.97 Å². The van der Waals surface area contributed by atoms with E-state index in [0.29, 0.717) is 5.82 Å². The Kier molecular flexibility index (Phi) is 4.17. The van der Waals surface area contributed by atoms with Crippen LogP contribution in [-0.2, 0) is 6.42 Å². The van der Waals surface area contributed by atoms with Gasteiger partial charge in [0.15, 0.2) is 5.82 Å². The van der Waals surface area contributed by atoms with Crippen molar-refractivity contribution < 1.29 is 4.42 Å². The second-order valence-electron chi connectivity index (χ2n) is 10.4. The van der Waals surface area contributed by atoms with Crippen LogP contribution in [0.3, 0.4) is 0 Å². The Morgan fingerprint density at radius 3 is 2.36 bits per heavy atom. The van der Waals surface area contributed by atoms with Crippen molar-refractivity contribution in [2.24, 2.45) is 0 Å². The number of hydrogen-bond donors (Lipinski definition) is 0. The second-order valence-corrected chi connectivity index (χ2v) is 10.4. The first-order chi connectivity index (χ1) is 19.3. The van der Waals surface area contributed by atoms with Crippen LogP contribution in [0.15, 0.2) is 114 Å². The molecule has 182 valence electrons. The Morgan fingerprint density at radius 1 is 0.641 bits per heavy atom. The van der Waals surface area contributed by atoms with Crippen LogP contribution in [0.4, 0.5) is 0 Å². The molecule has 3 heteroatoms. The molecule has 0 saturated carbocycles. The van der Waals surface area contributed by atoms with Gasteiger partial charge in [0, 0.05) is 21.7 Å². The molecule has 2 heterocycles. The summed E-state index contributed by atoms with van der Waals surface area (Å²) in [6.45, 7) is 0. The lowest BCUT2D eigenvalue weighted by atomic mass is 9.83. The summed E-state index contributed by atoms with van der Waals surface area (Å²) in [5, 5.41) is 3.42. The Morgan fingerprint density at radius 2 is 1.44 bits per heavy atom. The highest BCUT2D eigenvalue weighted by atomic mass is 16.3. The molecule has 0 unspecified atom stereocenters. The van der Waals surface area contributed by atoms with E-state index in [0.717, 1.165) is 51.7 Å². The van der Waals surface area contributed by atoms with Crippen LogP contribution >= 0.6 is 0 Å². The molecule has 5 aromatic carbocycles. The van der Waals surface area contributed by atoms with E-state index in [2.05, 4.69) is 97.1 Å². The minimum Gasteiger partial charge on any atom is -0.455 e. The van der Waals surface area contributed by atoms with Crippen molar-refractivity contribution in [2.75, 3.05) is 0 Å². The fraction of sp³-hybridized carbons (Fsp3) is 0.0556. The molecule has 0 bridgehead atoms. The maximum atomic E-state index is 6.73. The maximum Gasteiger partial charge on any atom is 0.164 e. The summed E-state index contributed by atoms with van der Waals surface area (Å²) < 4.78 is 6.73. The number of hydrogen-bond acceptors (Lipinski definition) is 3. The van der Waals surface area contributed by atoms with Crippen molar-refractivity contribution in [3.8, 4) is 33.8 Å². The Balaban J connectivity index is 1.43. The van der Waals surface area contributed by atoms with E-state index >= 15 is 0 Å². The van der Waals surface area contributed by atoms with E-state index in [1.807, 2.05) is 12.1 Å². The van der Waals surface area contributed by atoms with Crippen molar-refractivity contribution in [3.63, 3.8) is 0 Å². The van der Waals surface area contributed by atoms with Gasteiger partial charge in [-0.05, 0) is 64.4 Å². The number of aryl methyl sites for hydroxylation is 1. The van der Waals surface area contributed by atoms with Crippen LogP contribution in [0.5, 0.6) is 0 Å². The predicted molar refractivity (Wildman–Crippen MR) is 159 cm³/mol. The number of para-hydroxylation sites is 1. The minimum absolute atomic E-state index is 0.703. The molecule has 2 aromatic heterocycles. The van der Waals surface area contributed by atoms with Crippen LogP contribution in [0.1, 0.15) is 23.1 Å². The third-order valence-electron chi connectivity index (χ3n) is 8.28. The summed E-state index contributed by atoms with van der Waals surface area (Å²) in [5.41, 5.74) is 13.4. The lowest BCUT2D eigenvalue weighted by Gasteiger charge is -2.21. The Labute approximate surface area is 225 Å². The first kappa shape index (κ1) is 21.0. The molecular formula is C36H22N2O. The quantitative estimate of drug-likeness (QED) is 0.238. The van der Waals surface area contributed by atoms with Gasteiger partial charge < -0.3 is 4.42 Å². The topological polar surface area (TPSA) is 38.9 Å². The van der Waals surface area contributed by atoms with Gasteiger partial charge in [0.1, 0.15) is 11.2 Å². The van der Waals surface area contributed by atoms with Crippen molar-refractivity contribution in [2.45, 2.75) is 12.8 Å². The lowest BCUT2D eigenvalue weighted by molar-refractivity contribution is 0.669. The van der Waals surface area contributed by atoms with E-state index in [1.165, 1.54) is 44.2 Å². The van der Waals surface area contributed by atoms with Gasteiger partial charge in [0.2, 0.25) is 0 Å². The highest BCUT2D eigenvalue weighted by molar-refractivity contribution is 6.23. The summed E-state index contributed by atoms with van der Waals surface area (Å²) in [6.07, 6.45) is 4.40. The zero-order valence-electron chi connectivity index (χ0n) is 21.1. The van der Waals surface area contributed by atoms with Crippen LogP contribution < -0.4 is 0 Å². The SMILES string of the molecule is C1=C2c3ccccc3-c3cccc4oc5c(-c6nc(-c7ccccc7)c7ccccc7n6)cc(c2c5c34)CC1. The standard InChI is InChI=1S/C36H22N2O/c1-2-10-21(11-3-1)34-27-15-6-7-18-29(27)37-36(38-34)28-20-22-12-8-16-25-23-13-4-5-14-24(23)26-17-9-19-30-32(26)33(31(22)25)35(28)39-30/h1-7,9-11,13-20H,8,12H2. The van der Waals surface area contributed by atoms with Gasteiger partial charge in [-0.15, -0.1) is 0 Å². The molecule has 0 N–H and O–H groups in total. The largest absolute Gasteiger partial charge is 0.455 e. The fourth-order valence-corrected chi connectivity index (χ4v) is 6.63. The van der Waals surface area contributed by atoms with Gasteiger partial charge in [0.05, 0.1) is 16.8 Å². The summed E-state index contributed by atoms with van der Waals surface area (Å²) in [7, 11) is 0. The highest BCUT2D eigenvalue weighted by Gasteiger charge is 2.30. The average molecular weight is 499 g/mol. The number of furan rings is 1. The average Bonchev–Trinajstić information content (AvgIpc) is 3.34. The number of allylic oxidation sites excluding steroid dienone is 1. The Hall–Kier alpha value is -5.02. The van der Waals surface area contributed by atoms with Gasteiger partial charge in [-0.1, -0.05) is 91.0 Å². The molecule has 9 rings (SSSR count). The molecule has 3 nitrogen and oxygen atoms in total. The van der Waals surface area contributed by atoms with Gasteiger partial charge >= 0.3 is 0 Å². The first-order valence-corrected chi connectivity index (χ1v) is 13.5. The second kappa shape index (κ2) is 7.75. The van der Waals surface area contributed by atoms with Crippen LogP contribution in [0.2, 0.25) is 0 Å². The zero-order valence-corrected chi connectivity index (χ0v) is 21.1. The number of rotatable bonds is 2. The molecule has 2 aliphatic carbocycles. The molecule has 39 heavy (non-hydrogen) atoms. The fourth-order valence-electron chi connectivity index (χ4n) is 6.63. The molecule has 0 radical (unpaired) electrons. The maximum absolute atomic E-state index is 6.73. The first-order valence-electron chi connectivity index (χ1n) is 13.5. The minimum atomic E-state index is 0.703. The third-order valence-corrected chi connectivity index (χ3v) is 8.28. The number of benzene rings is 5. The molecular weight excluding hydrogens is 476 g/mol. The van der Waals surface area contributed by atoms with Crippen LogP contribution in [0.25, 0.3) is 72.2 Å². The normalized spacial score (nSPS) is 13.6. The van der Waals surface area contributed by atoms with E-state index in [1.54, 1.807) is 0 Å². The Bertz CT molecular complexity index is 2170. The lowest BCUT2D eigenvalue weighted by Crippen LogP contribution is -2.03. The van der Waals surface area contributed by atoms with E-state index in [-0.39, 0.29) is 0 Å². The predicted octanol–water partition coefficient (Wildman–Crippen LogP) is 9.22. The molecule has 0 spiro atoms. The number of nitrogens with zero attached hydrogens (tertiary/aromatic N) is 2. The van der Waals surface area contributed by atoms with Crippen LogP contribution in [0, 0.1) is 0 Å². The van der Waals surface area contributed by atoms with Crippen LogP contribution in [-0.4, -0.2) is 9.97 Å². The molecule has 2 aliphatic rings. The van der Waals surface area contributed by atoms with Gasteiger partial charge in [-0.25, -0.2) is 9.97 Å². The third kappa shape index (κ3) is 2.87. The van der Waals surface area contributed by atoms with Crippen molar-refractivity contribution >= 4 is 38.4 Å². The van der Waals surface area contributed by atoms with Gasteiger partial charge in [-0.2, -0.15) is 0 Å². The molecule has 0 saturated heterocycles. The van der Waals surface area contributed by atoms with E-state index in [9.17, 15) is 0 Å². The summed E-state index contributed by atoms with van der Waals surface area (Å²) >= 11 is 0. The molecule has 7 aromatic rings. The molecule has 0 fully saturated rings. The van der Waals surface area contributed by atoms with Gasteiger partial charge in [0.25, 0.3) is 0 Å². The number of aromatic nitrogens is 2. The molecule has 0 amide bonds.